The largest absolute Gasteiger partial charge is 0.785 e. The van der Waals surface area contributed by atoms with E-state index >= 15 is 0 Å². The van der Waals surface area contributed by atoms with Gasteiger partial charge in [0.1, 0.15) is 0 Å². The molecule has 0 radical (unpaired) electrons. The summed E-state index contributed by atoms with van der Waals surface area (Å²) in [5.74, 6) is 0. The van der Waals surface area contributed by atoms with E-state index < -0.39 is 0 Å². The van der Waals surface area contributed by atoms with Gasteiger partial charge in [-0.25, -0.2) is 0 Å². The Morgan fingerprint density at radius 2 is 1.38 bits per heavy atom. The van der Waals surface area contributed by atoms with Crippen LogP contribution in [0.4, 0.5) is 0 Å². The molecule has 8 heavy (non-hydrogen) atoms. The van der Waals surface area contributed by atoms with Crippen LogP contribution in [0.3, 0.4) is 0 Å². The molecule has 0 saturated heterocycles. The summed E-state index contributed by atoms with van der Waals surface area (Å²) in [6.45, 7) is 7.58. The second kappa shape index (κ2) is 3.05. The number of hydroxylamine groups is 2. The maximum Gasteiger partial charge on any atom is 0 e. The lowest BCUT2D eigenvalue weighted by molar-refractivity contribution is 0.257. The molecule has 0 saturated carbocycles. The number of rotatable bonds is 2. The third-order valence-corrected chi connectivity index (χ3v) is 1.02. The Morgan fingerprint density at radius 1 is 1.12 bits per heavy atom. The Labute approximate surface area is 52.6 Å². The van der Waals surface area contributed by atoms with Gasteiger partial charge in [-0.05, 0) is 12.1 Å². The predicted molar refractivity (Wildman–Crippen MR) is 37.6 cm³/mol. The standard InChI is InChI=1S/C6H14NO.H2/c1-5(2)7(8)6(3)4;/h5-6H,1-4H3;1H/q-1;/i;1+2. The molecule has 0 unspecified atom stereocenters. The van der Waals surface area contributed by atoms with Crippen molar-refractivity contribution in [3.05, 3.63) is 5.21 Å². The topological polar surface area (TPSA) is 26.3 Å². The van der Waals surface area contributed by atoms with Crippen LogP contribution in [0.2, 0.25) is 0 Å². The highest BCUT2D eigenvalue weighted by molar-refractivity contribution is 4.65. The summed E-state index contributed by atoms with van der Waals surface area (Å²) in [6, 6.07) is 0.241. The van der Waals surface area contributed by atoms with E-state index in [1.54, 1.807) is 0 Å². The van der Waals surface area contributed by atoms with Crippen LogP contribution in [0.1, 0.15) is 29.1 Å². The highest BCUT2D eigenvalue weighted by atomic mass is 16.5. The second-order valence-electron chi connectivity index (χ2n) is 2.55. The predicted octanol–water partition coefficient (Wildman–Crippen LogP) is 1.85. The number of nitrogens with zero attached hydrogens (tertiary/aromatic N) is 1. The molecule has 0 aromatic rings. The Morgan fingerprint density at radius 3 is 1.38 bits per heavy atom. The Hall–Kier alpha value is -0.0800. The van der Waals surface area contributed by atoms with E-state index in [4.69, 9.17) is 0 Å². The van der Waals surface area contributed by atoms with Gasteiger partial charge in [-0.15, -0.1) is 0 Å². The van der Waals surface area contributed by atoms with Gasteiger partial charge in [-0.1, -0.05) is 27.7 Å². The van der Waals surface area contributed by atoms with Gasteiger partial charge in [-0.3, -0.25) is 0 Å². The molecule has 0 aromatic carbocycles. The first-order chi connectivity index (χ1) is 3.55. The molecule has 0 N–H and O–H groups in total. The molecule has 0 heterocycles. The molecule has 52 valence electrons. The summed E-state index contributed by atoms with van der Waals surface area (Å²) in [5, 5.41) is 11.8. The fraction of sp³-hybridized carbons (Fsp3) is 1.00. The summed E-state index contributed by atoms with van der Waals surface area (Å²) in [7, 11) is 0. The molecule has 0 bridgehead atoms. The molecule has 0 rings (SSSR count). The van der Waals surface area contributed by atoms with Crippen molar-refractivity contribution in [1.82, 2.24) is 5.06 Å². The van der Waals surface area contributed by atoms with Gasteiger partial charge >= 0.3 is 0 Å². The molecule has 0 amide bonds. The van der Waals surface area contributed by atoms with E-state index in [0.717, 1.165) is 5.06 Å². The molecule has 0 fully saturated rings. The molecule has 0 aliphatic carbocycles. The van der Waals surface area contributed by atoms with Gasteiger partial charge in [0, 0.05) is 1.43 Å². The van der Waals surface area contributed by atoms with E-state index in [-0.39, 0.29) is 13.5 Å². The minimum atomic E-state index is 0. The quantitative estimate of drug-likeness (QED) is 0.520. The van der Waals surface area contributed by atoms with Crippen molar-refractivity contribution in [3.63, 3.8) is 0 Å². The molecule has 2 nitrogen and oxygen atoms in total. The Bertz CT molecular complexity index is 58.1. The number of hydrogen-bond donors (Lipinski definition) is 0. The smallest absolute Gasteiger partial charge is 0 e. The average molecular weight is 120 g/mol. The first-order valence-corrected chi connectivity index (χ1v) is 3.01. The van der Waals surface area contributed by atoms with Gasteiger partial charge < -0.3 is 10.3 Å². The number of hydrogen-bond acceptors (Lipinski definition) is 2. The van der Waals surface area contributed by atoms with Crippen molar-refractivity contribution in [2.75, 3.05) is 0 Å². The van der Waals surface area contributed by atoms with Crippen LogP contribution in [0.15, 0.2) is 0 Å². The lowest BCUT2D eigenvalue weighted by Crippen LogP contribution is -2.30. The zero-order valence-electron chi connectivity index (χ0n) is 6.01. The molecular formula is C6H16NO-. The molecular weight excluding hydrogens is 102 g/mol. The van der Waals surface area contributed by atoms with Crippen molar-refractivity contribution < 1.29 is 1.43 Å². The van der Waals surface area contributed by atoms with Crippen LogP contribution in [-0.4, -0.2) is 17.1 Å². The van der Waals surface area contributed by atoms with Gasteiger partial charge in [0.15, 0.2) is 0 Å². The summed E-state index contributed by atoms with van der Waals surface area (Å²) >= 11 is 0. The minimum Gasteiger partial charge on any atom is -0.785 e. The zero-order valence-corrected chi connectivity index (χ0v) is 6.01. The van der Waals surface area contributed by atoms with Crippen LogP contribution >= 0.6 is 0 Å². The second-order valence-corrected chi connectivity index (χ2v) is 2.55. The fourth-order valence-electron chi connectivity index (χ4n) is 0.596. The summed E-state index contributed by atoms with van der Waals surface area (Å²) in [6.07, 6.45) is 0. The van der Waals surface area contributed by atoms with E-state index in [1.807, 2.05) is 27.7 Å². The van der Waals surface area contributed by atoms with Crippen LogP contribution < -0.4 is 0 Å². The van der Waals surface area contributed by atoms with Crippen LogP contribution in [-0.2, 0) is 0 Å². The van der Waals surface area contributed by atoms with Crippen molar-refractivity contribution in [2.45, 2.75) is 39.8 Å². The van der Waals surface area contributed by atoms with Crippen molar-refractivity contribution in [1.29, 1.82) is 0 Å². The van der Waals surface area contributed by atoms with Crippen molar-refractivity contribution >= 4 is 0 Å². The summed E-state index contributed by atoms with van der Waals surface area (Å²) < 4.78 is 0. The van der Waals surface area contributed by atoms with Gasteiger partial charge in [0.05, 0.1) is 0 Å². The van der Waals surface area contributed by atoms with Gasteiger partial charge in [0.25, 0.3) is 0 Å². The van der Waals surface area contributed by atoms with Crippen LogP contribution in [0.25, 0.3) is 0 Å². The fourth-order valence-corrected chi connectivity index (χ4v) is 0.596. The molecule has 0 atom stereocenters. The normalized spacial score (nSPS) is 12.0. The van der Waals surface area contributed by atoms with Gasteiger partial charge in [0.2, 0.25) is 0 Å². The molecule has 0 aromatic heterocycles. The van der Waals surface area contributed by atoms with E-state index in [2.05, 4.69) is 0 Å². The van der Waals surface area contributed by atoms with E-state index in [9.17, 15) is 5.21 Å². The third-order valence-electron chi connectivity index (χ3n) is 1.02. The molecule has 0 aliphatic heterocycles. The maximum atomic E-state index is 10.8. The highest BCUT2D eigenvalue weighted by Crippen LogP contribution is 1.99. The lowest BCUT2D eigenvalue weighted by Gasteiger charge is -2.36. The maximum absolute atomic E-state index is 10.8. The summed E-state index contributed by atoms with van der Waals surface area (Å²) in [4.78, 5) is 0. The monoisotopic (exact) mass is 120 g/mol. The first kappa shape index (κ1) is 7.92. The van der Waals surface area contributed by atoms with Gasteiger partial charge in [-0.2, -0.15) is 0 Å². The Kier molecular flexibility index (Phi) is 3.02. The van der Waals surface area contributed by atoms with Crippen molar-refractivity contribution in [2.24, 2.45) is 0 Å². The first-order valence-electron chi connectivity index (χ1n) is 3.01. The lowest BCUT2D eigenvalue weighted by atomic mass is 10.3. The molecule has 0 spiro atoms. The van der Waals surface area contributed by atoms with Crippen molar-refractivity contribution in [3.8, 4) is 0 Å². The zero-order chi connectivity index (χ0) is 6.73. The summed E-state index contributed by atoms with van der Waals surface area (Å²) in [5.41, 5.74) is 0. The molecule has 2 heteroatoms. The van der Waals surface area contributed by atoms with E-state index in [0.29, 0.717) is 0 Å². The highest BCUT2D eigenvalue weighted by Gasteiger charge is 1.98. The van der Waals surface area contributed by atoms with Crippen LogP contribution in [0.5, 0.6) is 0 Å². The third kappa shape index (κ3) is 2.28. The molecule has 0 aliphatic rings. The average Bonchev–Trinajstić information content (AvgIpc) is 1.64. The Balaban J connectivity index is 0. The van der Waals surface area contributed by atoms with Crippen LogP contribution in [0, 0.1) is 5.21 Å². The minimum absolute atomic E-state index is 0. The SMILES string of the molecule is CC(C)N([O-])C(C)C.[3HH]. The van der Waals surface area contributed by atoms with E-state index in [1.165, 1.54) is 0 Å².